The smallest absolute Gasteiger partial charge is 0.120 e. The van der Waals surface area contributed by atoms with Gasteiger partial charge >= 0.3 is 0 Å². The minimum Gasteiger partial charge on any atom is -0.468 e. The molecule has 1 N–H and O–H groups in total. The molecule has 0 bridgehead atoms. The molecule has 3 nitrogen and oxygen atoms in total. The molecule has 0 amide bonds. The Balaban J connectivity index is 1.65. The molecule has 0 aromatic carbocycles. The van der Waals surface area contributed by atoms with E-state index in [9.17, 15) is 0 Å². The van der Waals surface area contributed by atoms with Gasteiger partial charge in [0.1, 0.15) is 5.76 Å². The molecule has 1 aromatic rings. The Kier molecular flexibility index (Phi) is 2.74. The SMILES string of the molecule is CC(c1ccco1)N1CCNC(C2CC2)C1. The molecule has 3 heteroatoms. The maximum Gasteiger partial charge on any atom is 0.120 e. The second-order valence-corrected chi connectivity index (χ2v) is 5.08. The van der Waals surface area contributed by atoms with Crippen molar-refractivity contribution < 1.29 is 4.42 Å². The van der Waals surface area contributed by atoms with Crippen molar-refractivity contribution in [2.45, 2.75) is 31.8 Å². The summed E-state index contributed by atoms with van der Waals surface area (Å²) in [6, 6.07) is 5.19. The van der Waals surface area contributed by atoms with Gasteiger partial charge in [0.05, 0.1) is 12.3 Å². The van der Waals surface area contributed by atoms with Gasteiger partial charge in [0.2, 0.25) is 0 Å². The van der Waals surface area contributed by atoms with Crippen LogP contribution in [0, 0.1) is 5.92 Å². The predicted molar refractivity (Wildman–Crippen MR) is 63.2 cm³/mol. The molecule has 2 heterocycles. The first-order chi connectivity index (χ1) is 7.84. The molecule has 2 atom stereocenters. The van der Waals surface area contributed by atoms with Crippen LogP contribution >= 0.6 is 0 Å². The third-order valence-corrected chi connectivity index (χ3v) is 3.93. The summed E-state index contributed by atoms with van der Waals surface area (Å²) < 4.78 is 5.50. The lowest BCUT2D eigenvalue weighted by Gasteiger charge is -2.37. The van der Waals surface area contributed by atoms with E-state index in [2.05, 4.69) is 23.2 Å². The molecule has 0 radical (unpaired) electrons. The van der Waals surface area contributed by atoms with Crippen LogP contribution in [-0.2, 0) is 0 Å². The second-order valence-electron chi connectivity index (χ2n) is 5.08. The number of hydrogen-bond donors (Lipinski definition) is 1. The molecular formula is C13H20N2O. The molecule has 1 aliphatic heterocycles. The van der Waals surface area contributed by atoms with Gasteiger partial charge in [0.15, 0.2) is 0 Å². The fourth-order valence-electron chi connectivity index (χ4n) is 2.68. The van der Waals surface area contributed by atoms with Crippen LogP contribution in [0.25, 0.3) is 0 Å². The van der Waals surface area contributed by atoms with Crippen LogP contribution in [0.4, 0.5) is 0 Å². The Morgan fingerprint density at radius 3 is 3.06 bits per heavy atom. The van der Waals surface area contributed by atoms with Crippen LogP contribution in [0.3, 0.4) is 0 Å². The molecule has 3 rings (SSSR count). The summed E-state index contributed by atoms with van der Waals surface area (Å²) >= 11 is 0. The number of hydrogen-bond acceptors (Lipinski definition) is 3. The van der Waals surface area contributed by atoms with Crippen LogP contribution < -0.4 is 5.32 Å². The molecule has 2 fully saturated rings. The number of nitrogens with zero attached hydrogens (tertiary/aromatic N) is 1. The van der Waals surface area contributed by atoms with Gasteiger partial charge in [0.25, 0.3) is 0 Å². The molecule has 1 saturated carbocycles. The van der Waals surface area contributed by atoms with Gasteiger partial charge in [-0.1, -0.05) is 0 Å². The Hall–Kier alpha value is -0.800. The summed E-state index contributed by atoms with van der Waals surface area (Å²) in [4.78, 5) is 2.54. The molecule has 1 saturated heterocycles. The molecular weight excluding hydrogens is 200 g/mol. The maximum atomic E-state index is 5.50. The van der Waals surface area contributed by atoms with Gasteiger partial charge in [-0.05, 0) is 37.8 Å². The average molecular weight is 220 g/mol. The zero-order valence-corrected chi connectivity index (χ0v) is 9.86. The van der Waals surface area contributed by atoms with Gasteiger partial charge in [-0.3, -0.25) is 4.90 Å². The lowest BCUT2D eigenvalue weighted by atomic mass is 10.1. The summed E-state index contributed by atoms with van der Waals surface area (Å²) in [6.07, 6.45) is 4.60. The number of nitrogens with one attached hydrogen (secondary N) is 1. The van der Waals surface area contributed by atoms with Crippen molar-refractivity contribution in [1.29, 1.82) is 0 Å². The largest absolute Gasteiger partial charge is 0.468 e. The van der Waals surface area contributed by atoms with Crippen molar-refractivity contribution in [2.75, 3.05) is 19.6 Å². The van der Waals surface area contributed by atoms with Crippen molar-refractivity contribution in [3.05, 3.63) is 24.2 Å². The van der Waals surface area contributed by atoms with Gasteiger partial charge in [-0.25, -0.2) is 0 Å². The first kappa shape index (κ1) is 10.4. The highest BCUT2D eigenvalue weighted by molar-refractivity contribution is 5.05. The van der Waals surface area contributed by atoms with Gasteiger partial charge in [-0.2, -0.15) is 0 Å². The highest BCUT2D eigenvalue weighted by Crippen LogP contribution is 2.35. The minimum atomic E-state index is 0.415. The molecule has 16 heavy (non-hydrogen) atoms. The molecule has 2 unspecified atom stereocenters. The van der Waals surface area contributed by atoms with E-state index in [0.717, 1.165) is 24.8 Å². The molecule has 88 valence electrons. The normalized spacial score (nSPS) is 29.2. The lowest BCUT2D eigenvalue weighted by Crippen LogP contribution is -2.52. The third-order valence-electron chi connectivity index (χ3n) is 3.93. The second kappa shape index (κ2) is 4.22. The molecule has 1 aliphatic carbocycles. The Morgan fingerprint density at radius 2 is 2.38 bits per heavy atom. The first-order valence-corrected chi connectivity index (χ1v) is 6.35. The molecule has 1 aromatic heterocycles. The van der Waals surface area contributed by atoms with Crippen LogP contribution in [0.2, 0.25) is 0 Å². The Morgan fingerprint density at radius 1 is 1.50 bits per heavy atom. The zero-order valence-electron chi connectivity index (χ0n) is 9.86. The predicted octanol–water partition coefficient (Wildman–Crippen LogP) is 2.02. The lowest BCUT2D eigenvalue weighted by molar-refractivity contribution is 0.131. The maximum absolute atomic E-state index is 5.50. The fourth-order valence-corrected chi connectivity index (χ4v) is 2.68. The number of piperazine rings is 1. The van der Waals surface area contributed by atoms with Crippen molar-refractivity contribution in [1.82, 2.24) is 10.2 Å². The highest BCUT2D eigenvalue weighted by Gasteiger charge is 2.35. The minimum absolute atomic E-state index is 0.415. The van der Waals surface area contributed by atoms with E-state index < -0.39 is 0 Å². The summed E-state index contributed by atoms with van der Waals surface area (Å²) in [7, 11) is 0. The van der Waals surface area contributed by atoms with Crippen LogP contribution in [-0.4, -0.2) is 30.6 Å². The summed E-state index contributed by atoms with van der Waals surface area (Å²) in [5, 5.41) is 3.64. The van der Waals surface area contributed by atoms with Gasteiger partial charge in [-0.15, -0.1) is 0 Å². The monoisotopic (exact) mass is 220 g/mol. The van der Waals surface area contributed by atoms with Crippen LogP contribution in [0.15, 0.2) is 22.8 Å². The topological polar surface area (TPSA) is 28.4 Å². The average Bonchev–Trinajstić information content (AvgIpc) is 3.04. The van der Waals surface area contributed by atoms with Crippen molar-refractivity contribution in [3.63, 3.8) is 0 Å². The zero-order chi connectivity index (χ0) is 11.0. The highest BCUT2D eigenvalue weighted by atomic mass is 16.3. The van der Waals surface area contributed by atoms with E-state index in [1.807, 2.05) is 6.07 Å². The van der Waals surface area contributed by atoms with Crippen molar-refractivity contribution in [2.24, 2.45) is 5.92 Å². The van der Waals surface area contributed by atoms with E-state index >= 15 is 0 Å². The van der Waals surface area contributed by atoms with Gasteiger partial charge < -0.3 is 9.73 Å². The standard InChI is InChI=1S/C13H20N2O/c1-10(13-3-2-8-16-13)15-7-6-14-12(9-15)11-4-5-11/h2-3,8,10-12,14H,4-7,9H2,1H3. The van der Waals surface area contributed by atoms with E-state index in [1.54, 1.807) is 6.26 Å². The summed E-state index contributed by atoms with van der Waals surface area (Å²) in [5.74, 6) is 2.03. The van der Waals surface area contributed by atoms with Crippen LogP contribution in [0.1, 0.15) is 31.6 Å². The van der Waals surface area contributed by atoms with E-state index in [-0.39, 0.29) is 0 Å². The molecule has 0 spiro atoms. The summed E-state index contributed by atoms with van der Waals surface area (Å²) in [6.45, 7) is 5.66. The van der Waals surface area contributed by atoms with Crippen LogP contribution in [0.5, 0.6) is 0 Å². The van der Waals surface area contributed by atoms with E-state index in [4.69, 9.17) is 4.42 Å². The Bertz CT molecular complexity index is 332. The molecule has 2 aliphatic rings. The quantitative estimate of drug-likeness (QED) is 0.845. The third kappa shape index (κ3) is 2.02. The van der Waals surface area contributed by atoms with E-state index in [0.29, 0.717) is 12.1 Å². The fraction of sp³-hybridized carbons (Fsp3) is 0.692. The number of furan rings is 1. The number of rotatable bonds is 3. The van der Waals surface area contributed by atoms with Gasteiger partial charge in [0, 0.05) is 25.7 Å². The van der Waals surface area contributed by atoms with Crippen molar-refractivity contribution in [3.8, 4) is 0 Å². The Labute approximate surface area is 96.8 Å². The van der Waals surface area contributed by atoms with Crippen molar-refractivity contribution >= 4 is 0 Å². The van der Waals surface area contributed by atoms with E-state index in [1.165, 1.54) is 19.4 Å². The summed E-state index contributed by atoms with van der Waals surface area (Å²) in [5.41, 5.74) is 0. The first-order valence-electron chi connectivity index (χ1n) is 6.35.